The molecule has 0 radical (unpaired) electrons. The van der Waals surface area contributed by atoms with Gasteiger partial charge in [-0.15, -0.1) is 0 Å². The average Bonchev–Trinajstić information content (AvgIpc) is 2.74. The predicted molar refractivity (Wildman–Crippen MR) is 118 cm³/mol. The van der Waals surface area contributed by atoms with Crippen LogP contribution in [0.4, 0.5) is 11.4 Å². The Hall–Kier alpha value is -3.46. The van der Waals surface area contributed by atoms with E-state index in [4.69, 9.17) is 0 Å². The third-order valence-corrected chi connectivity index (χ3v) is 5.04. The van der Waals surface area contributed by atoms with Gasteiger partial charge in [-0.25, -0.2) is 0 Å². The molecule has 3 heteroatoms. The van der Waals surface area contributed by atoms with E-state index in [1.165, 1.54) is 38.7 Å². The van der Waals surface area contributed by atoms with Gasteiger partial charge in [-0.2, -0.15) is 0 Å². The molecule has 0 fully saturated rings. The second kappa shape index (κ2) is 6.69. The number of rotatable bonds is 3. The molecule has 0 saturated heterocycles. The lowest BCUT2D eigenvalue weighted by molar-refractivity contribution is 1.58. The normalized spacial score (nSPS) is 13.2. The molecular formula is C24H19BN2. The smallest absolute Gasteiger partial charge is 0.405 e. The standard InChI is InChI=1S/C24H19BN2/c1-3-9-18(10-4-1)17-21(19-11-5-2-6-12-19)25-26-22-15-7-13-20-14-8-16-23(27-25)24(20)22/h1-17,26-27H/b21-17-. The molecule has 0 bridgehead atoms. The molecule has 2 nitrogen and oxygen atoms in total. The Bertz CT molecular complexity index is 1080. The maximum Gasteiger partial charge on any atom is 0.406 e. The number of benzene rings is 4. The van der Waals surface area contributed by atoms with Crippen molar-refractivity contribution in [3.8, 4) is 0 Å². The van der Waals surface area contributed by atoms with Crippen molar-refractivity contribution in [2.75, 3.05) is 10.5 Å². The number of anilines is 2. The van der Waals surface area contributed by atoms with Crippen LogP contribution in [0.5, 0.6) is 0 Å². The summed E-state index contributed by atoms with van der Waals surface area (Å²) in [5.41, 5.74) is 5.95. The highest BCUT2D eigenvalue weighted by molar-refractivity contribution is 6.86. The van der Waals surface area contributed by atoms with Gasteiger partial charge < -0.3 is 10.5 Å². The highest BCUT2D eigenvalue weighted by atomic mass is 15.0. The van der Waals surface area contributed by atoms with Crippen molar-refractivity contribution >= 4 is 40.7 Å². The van der Waals surface area contributed by atoms with Crippen LogP contribution >= 0.6 is 0 Å². The van der Waals surface area contributed by atoms with E-state index in [-0.39, 0.29) is 6.98 Å². The maximum absolute atomic E-state index is 3.70. The summed E-state index contributed by atoms with van der Waals surface area (Å²) < 4.78 is 0. The maximum atomic E-state index is 3.70. The number of nitrogens with one attached hydrogen (secondary N) is 2. The zero-order chi connectivity index (χ0) is 18.1. The summed E-state index contributed by atoms with van der Waals surface area (Å²) in [6.45, 7) is -0.00638. The van der Waals surface area contributed by atoms with Gasteiger partial charge in [-0.3, -0.25) is 0 Å². The molecule has 0 amide bonds. The van der Waals surface area contributed by atoms with Crippen molar-refractivity contribution < 1.29 is 0 Å². The number of hydrogen-bond acceptors (Lipinski definition) is 2. The van der Waals surface area contributed by atoms with Crippen LogP contribution in [0.15, 0.2) is 97.1 Å². The Morgan fingerprint density at radius 3 is 1.85 bits per heavy atom. The van der Waals surface area contributed by atoms with Crippen LogP contribution in [0.2, 0.25) is 0 Å². The van der Waals surface area contributed by atoms with E-state index in [9.17, 15) is 0 Å². The highest BCUT2D eigenvalue weighted by Crippen LogP contribution is 2.36. The topological polar surface area (TPSA) is 24.1 Å². The molecule has 1 aliphatic heterocycles. The summed E-state index contributed by atoms with van der Waals surface area (Å²) in [7, 11) is 0. The van der Waals surface area contributed by atoms with E-state index in [1.54, 1.807) is 0 Å². The Balaban J connectivity index is 1.62. The van der Waals surface area contributed by atoms with E-state index in [2.05, 4.69) is 108 Å². The molecule has 0 aliphatic carbocycles. The van der Waals surface area contributed by atoms with Gasteiger partial charge >= 0.3 is 6.98 Å². The third-order valence-electron chi connectivity index (χ3n) is 5.04. The van der Waals surface area contributed by atoms with E-state index >= 15 is 0 Å². The van der Waals surface area contributed by atoms with Gasteiger partial charge in [0, 0.05) is 16.8 Å². The van der Waals surface area contributed by atoms with E-state index in [0.717, 1.165) is 0 Å². The molecule has 128 valence electrons. The van der Waals surface area contributed by atoms with Crippen LogP contribution in [-0.2, 0) is 0 Å². The second-order valence-corrected chi connectivity index (χ2v) is 6.81. The SMILES string of the molecule is C(=C(/B1Nc2cccc3cccc(c23)N1)c1ccccc1)/c1ccccc1. The first-order chi connectivity index (χ1) is 13.4. The quantitative estimate of drug-likeness (QED) is 0.354. The van der Waals surface area contributed by atoms with Gasteiger partial charge in [0.15, 0.2) is 0 Å². The largest absolute Gasteiger partial charge is 0.406 e. The molecule has 4 aromatic rings. The van der Waals surface area contributed by atoms with Gasteiger partial charge in [0.05, 0.1) is 0 Å². The monoisotopic (exact) mass is 346 g/mol. The molecule has 1 heterocycles. The molecule has 0 aromatic heterocycles. The zero-order valence-corrected chi connectivity index (χ0v) is 14.9. The van der Waals surface area contributed by atoms with Crippen molar-refractivity contribution in [3.05, 3.63) is 108 Å². The Morgan fingerprint density at radius 1 is 0.630 bits per heavy atom. The average molecular weight is 346 g/mol. The summed E-state index contributed by atoms with van der Waals surface area (Å²) in [5, 5.41) is 9.90. The molecular weight excluding hydrogens is 327 g/mol. The highest BCUT2D eigenvalue weighted by Gasteiger charge is 2.28. The van der Waals surface area contributed by atoms with Crippen LogP contribution in [0, 0.1) is 0 Å². The Morgan fingerprint density at radius 2 is 1.22 bits per heavy atom. The van der Waals surface area contributed by atoms with Gasteiger partial charge in [-0.05, 0) is 34.1 Å². The molecule has 4 aromatic carbocycles. The van der Waals surface area contributed by atoms with E-state index in [1.807, 2.05) is 6.07 Å². The van der Waals surface area contributed by atoms with Crippen molar-refractivity contribution in [3.63, 3.8) is 0 Å². The van der Waals surface area contributed by atoms with E-state index in [0.29, 0.717) is 0 Å². The first kappa shape index (κ1) is 15.8. The van der Waals surface area contributed by atoms with Gasteiger partial charge in [-0.1, -0.05) is 91.0 Å². The minimum atomic E-state index is -0.00638. The van der Waals surface area contributed by atoms with Gasteiger partial charge in [0.1, 0.15) is 0 Å². The molecule has 27 heavy (non-hydrogen) atoms. The molecule has 2 N–H and O–H groups in total. The summed E-state index contributed by atoms with van der Waals surface area (Å²) in [6, 6.07) is 33.9. The molecule has 0 unspecified atom stereocenters. The lowest BCUT2D eigenvalue weighted by atomic mass is 9.62. The van der Waals surface area contributed by atoms with Crippen LogP contribution in [0.3, 0.4) is 0 Å². The van der Waals surface area contributed by atoms with Crippen LogP contribution < -0.4 is 10.5 Å². The van der Waals surface area contributed by atoms with Crippen LogP contribution in [-0.4, -0.2) is 6.98 Å². The Kier molecular flexibility index (Phi) is 3.91. The molecule has 1 aliphatic rings. The summed E-state index contributed by atoms with van der Waals surface area (Å²) in [6.07, 6.45) is 2.26. The van der Waals surface area contributed by atoms with E-state index < -0.39 is 0 Å². The molecule has 0 saturated carbocycles. The fraction of sp³-hybridized carbons (Fsp3) is 0. The van der Waals surface area contributed by atoms with Gasteiger partial charge in [0.25, 0.3) is 0 Å². The lowest BCUT2D eigenvalue weighted by Crippen LogP contribution is -2.38. The molecule has 5 rings (SSSR count). The van der Waals surface area contributed by atoms with Gasteiger partial charge in [0.2, 0.25) is 0 Å². The van der Waals surface area contributed by atoms with Crippen LogP contribution in [0.25, 0.3) is 22.3 Å². The van der Waals surface area contributed by atoms with Crippen molar-refractivity contribution in [2.24, 2.45) is 0 Å². The predicted octanol–water partition coefficient (Wildman–Crippen LogP) is 5.95. The fourth-order valence-electron chi connectivity index (χ4n) is 3.78. The fourth-order valence-corrected chi connectivity index (χ4v) is 3.78. The minimum absolute atomic E-state index is 0.00638. The second-order valence-electron chi connectivity index (χ2n) is 6.81. The van der Waals surface area contributed by atoms with Crippen molar-refractivity contribution in [2.45, 2.75) is 0 Å². The molecule has 0 atom stereocenters. The van der Waals surface area contributed by atoms with Crippen molar-refractivity contribution in [1.29, 1.82) is 0 Å². The first-order valence-electron chi connectivity index (χ1n) is 9.25. The summed E-state index contributed by atoms with van der Waals surface area (Å²) in [5.74, 6) is 0. The van der Waals surface area contributed by atoms with Crippen LogP contribution in [0.1, 0.15) is 11.1 Å². The molecule has 0 spiro atoms. The first-order valence-corrected chi connectivity index (χ1v) is 9.25. The number of hydrogen-bond donors (Lipinski definition) is 2. The lowest BCUT2D eigenvalue weighted by Gasteiger charge is -2.28. The van der Waals surface area contributed by atoms with Crippen molar-refractivity contribution in [1.82, 2.24) is 0 Å². The zero-order valence-electron chi connectivity index (χ0n) is 14.9. The summed E-state index contributed by atoms with van der Waals surface area (Å²) >= 11 is 0. The Labute approximate surface area is 159 Å². The summed E-state index contributed by atoms with van der Waals surface area (Å²) in [4.78, 5) is 0. The minimum Gasteiger partial charge on any atom is -0.405 e. The third kappa shape index (κ3) is 2.98.